The van der Waals surface area contributed by atoms with Crippen LogP contribution >= 0.6 is 0 Å². The summed E-state index contributed by atoms with van der Waals surface area (Å²) in [6.07, 6.45) is 2.32. The molecule has 1 aromatic rings. The molecule has 2 rings (SSSR count). The molecule has 1 aromatic carbocycles. The molecule has 0 radical (unpaired) electrons. The summed E-state index contributed by atoms with van der Waals surface area (Å²) in [6.45, 7) is 7.92. The standard InChI is InChI=1S/C14H21N/c1-4-11-6-7-12-10(3)9-15-14(5-2)13(12)8-11/h6-8,10,14-15H,4-5,9H2,1-3H3. The van der Waals surface area contributed by atoms with E-state index in [1.54, 1.807) is 5.56 Å². The number of hydrogen-bond donors (Lipinski definition) is 1. The van der Waals surface area contributed by atoms with Crippen molar-refractivity contribution in [3.05, 3.63) is 34.9 Å². The van der Waals surface area contributed by atoms with Crippen molar-refractivity contribution in [2.75, 3.05) is 6.54 Å². The van der Waals surface area contributed by atoms with Crippen LogP contribution in [-0.4, -0.2) is 6.54 Å². The van der Waals surface area contributed by atoms with Crippen LogP contribution in [0.15, 0.2) is 18.2 Å². The van der Waals surface area contributed by atoms with E-state index in [4.69, 9.17) is 0 Å². The van der Waals surface area contributed by atoms with Crippen LogP contribution < -0.4 is 5.32 Å². The van der Waals surface area contributed by atoms with Crippen molar-refractivity contribution in [2.24, 2.45) is 0 Å². The third-order valence-corrected chi connectivity index (χ3v) is 3.54. The summed E-state index contributed by atoms with van der Waals surface area (Å²) in [5.41, 5.74) is 4.55. The van der Waals surface area contributed by atoms with Gasteiger partial charge in [0.1, 0.15) is 0 Å². The second-order valence-corrected chi connectivity index (χ2v) is 4.59. The minimum atomic E-state index is 0.572. The highest BCUT2D eigenvalue weighted by Crippen LogP contribution is 2.32. The zero-order valence-corrected chi connectivity index (χ0v) is 10.0. The van der Waals surface area contributed by atoms with Gasteiger partial charge in [-0.15, -0.1) is 0 Å². The van der Waals surface area contributed by atoms with E-state index < -0.39 is 0 Å². The fraction of sp³-hybridized carbons (Fsp3) is 0.571. The minimum Gasteiger partial charge on any atom is -0.309 e. The molecule has 1 heterocycles. The average Bonchev–Trinajstić information content (AvgIpc) is 2.29. The SMILES string of the molecule is CCc1ccc2c(c1)C(CC)NCC2C. The van der Waals surface area contributed by atoms with Gasteiger partial charge in [0.2, 0.25) is 0 Å². The van der Waals surface area contributed by atoms with Crippen LogP contribution in [0.2, 0.25) is 0 Å². The molecule has 0 aromatic heterocycles. The predicted octanol–water partition coefficient (Wildman–Crippen LogP) is 3.41. The van der Waals surface area contributed by atoms with E-state index in [9.17, 15) is 0 Å². The van der Waals surface area contributed by atoms with E-state index in [1.807, 2.05) is 0 Å². The lowest BCUT2D eigenvalue weighted by molar-refractivity contribution is 0.457. The highest BCUT2D eigenvalue weighted by molar-refractivity contribution is 5.38. The summed E-state index contributed by atoms with van der Waals surface area (Å²) in [5.74, 6) is 0.661. The summed E-state index contributed by atoms with van der Waals surface area (Å²) < 4.78 is 0. The van der Waals surface area contributed by atoms with Crippen molar-refractivity contribution < 1.29 is 0 Å². The molecule has 2 atom stereocenters. The molecular formula is C14H21N. The molecule has 82 valence electrons. The third kappa shape index (κ3) is 1.93. The van der Waals surface area contributed by atoms with Crippen LogP contribution in [0.3, 0.4) is 0 Å². The van der Waals surface area contributed by atoms with Gasteiger partial charge < -0.3 is 5.32 Å². The normalized spacial score (nSPS) is 25.0. The van der Waals surface area contributed by atoms with E-state index in [0.29, 0.717) is 12.0 Å². The molecule has 1 heteroatoms. The van der Waals surface area contributed by atoms with Crippen LogP contribution in [-0.2, 0) is 6.42 Å². The van der Waals surface area contributed by atoms with Gasteiger partial charge in [0.15, 0.2) is 0 Å². The Morgan fingerprint density at radius 3 is 2.73 bits per heavy atom. The fourth-order valence-electron chi connectivity index (χ4n) is 2.50. The van der Waals surface area contributed by atoms with Crippen LogP contribution in [0, 0.1) is 0 Å². The van der Waals surface area contributed by atoms with Crippen LogP contribution in [0.25, 0.3) is 0 Å². The largest absolute Gasteiger partial charge is 0.309 e. The van der Waals surface area contributed by atoms with Gasteiger partial charge in [-0.25, -0.2) is 0 Å². The molecule has 1 aliphatic rings. The number of benzene rings is 1. The topological polar surface area (TPSA) is 12.0 Å². The number of aryl methyl sites for hydroxylation is 1. The second kappa shape index (κ2) is 4.36. The molecule has 1 aliphatic heterocycles. The second-order valence-electron chi connectivity index (χ2n) is 4.59. The Hall–Kier alpha value is -0.820. The van der Waals surface area contributed by atoms with Gasteiger partial charge in [0.25, 0.3) is 0 Å². The van der Waals surface area contributed by atoms with Gasteiger partial charge in [-0.1, -0.05) is 39.0 Å². The lowest BCUT2D eigenvalue weighted by Crippen LogP contribution is -2.31. The molecule has 0 fully saturated rings. The quantitative estimate of drug-likeness (QED) is 0.776. The molecular weight excluding hydrogens is 182 g/mol. The monoisotopic (exact) mass is 203 g/mol. The Morgan fingerprint density at radius 2 is 2.07 bits per heavy atom. The zero-order chi connectivity index (χ0) is 10.8. The Morgan fingerprint density at radius 1 is 1.27 bits per heavy atom. The van der Waals surface area contributed by atoms with E-state index in [1.165, 1.54) is 17.5 Å². The molecule has 1 N–H and O–H groups in total. The first-order valence-corrected chi connectivity index (χ1v) is 6.12. The van der Waals surface area contributed by atoms with Gasteiger partial charge in [-0.2, -0.15) is 0 Å². The van der Waals surface area contributed by atoms with Crippen molar-refractivity contribution >= 4 is 0 Å². The maximum Gasteiger partial charge on any atom is 0.0320 e. The van der Waals surface area contributed by atoms with Crippen molar-refractivity contribution in [2.45, 2.75) is 45.6 Å². The van der Waals surface area contributed by atoms with Crippen LogP contribution in [0.1, 0.15) is 55.8 Å². The molecule has 1 nitrogen and oxygen atoms in total. The summed E-state index contributed by atoms with van der Waals surface area (Å²) in [5, 5.41) is 3.63. The first-order valence-electron chi connectivity index (χ1n) is 6.12. The van der Waals surface area contributed by atoms with Gasteiger partial charge in [-0.3, -0.25) is 0 Å². The van der Waals surface area contributed by atoms with E-state index >= 15 is 0 Å². The molecule has 0 saturated carbocycles. The smallest absolute Gasteiger partial charge is 0.0320 e. The molecule has 0 bridgehead atoms. The lowest BCUT2D eigenvalue weighted by atomic mass is 9.85. The third-order valence-electron chi connectivity index (χ3n) is 3.54. The molecule has 0 aliphatic carbocycles. The maximum atomic E-state index is 3.63. The average molecular weight is 203 g/mol. The van der Waals surface area contributed by atoms with E-state index in [2.05, 4.69) is 44.3 Å². The number of rotatable bonds is 2. The summed E-state index contributed by atoms with van der Waals surface area (Å²) in [7, 11) is 0. The van der Waals surface area contributed by atoms with Gasteiger partial charge in [0, 0.05) is 12.6 Å². The summed E-state index contributed by atoms with van der Waals surface area (Å²) in [4.78, 5) is 0. The Balaban J connectivity index is 2.43. The number of fused-ring (bicyclic) bond motifs is 1. The van der Waals surface area contributed by atoms with Crippen molar-refractivity contribution in [1.82, 2.24) is 5.32 Å². The van der Waals surface area contributed by atoms with Crippen LogP contribution in [0.5, 0.6) is 0 Å². The molecule has 2 unspecified atom stereocenters. The maximum absolute atomic E-state index is 3.63. The van der Waals surface area contributed by atoms with Crippen molar-refractivity contribution in [3.63, 3.8) is 0 Å². The van der Waals surface area contributed by atoms with E-state index in [0.717, 1.165) is 13.0 Å². The van der Waals surface area contributed by atoms with Gasteiger partial charge in [0.05, 0.1) is 0 Å². The van der Waals surface area contributed by atoms with Gasteiger partial charge >= 0.3 is 0 Å². The van der Waals surface area contributed by atoms with Crippen molar-refractivity contribution in [3.8, 4) is 0 Å². The Bertz CT molecular complexity index is 343. The van der Waals surface area contributed by atoms with E-state index in [-0.39, 0.29) is 0 Å². The summed E-state index contributed by atoms with van der Waals surface area (Å²) >= 11 is 0. The molecule has 0 amide bonds. The Labute approximate surface area is 92.9 Å². The predicted molar refractivity (Wildman–Crippen MR) is 65.3 cm³/mol. The highest BCUT2D eigenvalue weighted by Gasteiger charge is 2.22. The summed E-state index contributed by atoms with van der Waals surface area (Å²) in [6, 6.07) is 7.59. The zero-order valence-electron chi connectivity index (χ0n) is 10.0. The molecule has 15 heavy (non-hydrogen) atoms. The number of nitrogens with one attached hydrogen (secondary N) is 1. The molecule has 0 saturated heterocycles. The first kappa shape index (κ1) is 10.7. The highest BCUT2D eigenvalue weighted by atomic mass is 14.9. The lowest BCUT2D eigenvalue weighted by Gasteiger charge is -2.31. The Kier molecular flexibility index (Phi) is 3.11. The fourth-order valence-corrected chi connectivity index (χ4v) is 2.50. The first-order chi connectivity index (χ1) is 7.26. The number of hydrogen-bond acceptors (Lipinski definition) is 1. The van der Waals surface area contributed by atoms with Gasteiger partial charge in [-0.05, 0) is 35.4 Å². The minimum absolute atomic E-state index is 0.572. The van der Waals surface area contributed by atoms with Crippen molar-refractivity contribution in [1.29, 1.82) is 0 Å². The molecule has 0 spiro atoms. The van der Waals surface area contributed by atoms with Crippen LogP contribution in [0.4, 0.5) is 0 Å².